The van der Waals surface area contributed by atoms with Crippen LogP contribution in [0.1, 0.15) is 92.9 Å². The predicted octanol–water partition coefficient (Wildman–Crippen LogP) is 5.83. The Kier molecular flexibility index (Phi) is 12.4. The van der Waals surface area contributed by atoms with Crippen molar-refractivity contribution in [1.29, 1.82) is 0 Å². The van der Waals surface area contributed by atoms with E-state index in [1.165, 1.54) is 31.3 Å². The van der Waals surface area contributed by atoms with Crippen molar-refractivity contribution in [3.8, 4) is 11.6 Å². The number of ether oxygens (including phenoxy) is 3. The Labute approximate surface area is 346 Å². The number of benzene rings is 1. The summed E-state index contributed by atoms with van der Waals surface area (Å²) in [6.45, 7) is 8.34. The van der Waals surface area contributed by atoms with Crippen molar-refractivity contribution in [3.05, 3.63) is 42.4 Å². The van der Waals surface area contributed by atoms with Crippen LogP contribution in [0.4, 0.5) is 22.4 Å². The van der Waals surface area contributed by atoms with E-state index in [9.17, 15) is 45.2 Å². The molecule has 330 valence electrons. The zero-order valence-electron chi connectivity index (χ0n) is 34.5. The van der Waals surface area contributed by atoms with Gasteiger partial charge >= 0.3 is 12.3 Å². The minimum absolute atomic E-state index is 0.0385. The van der Waals surface area contributed by atoms with Gasteiger partial charge in [-0.15, -0.1) is 0 Å². The molecule has 19 heteroatoms. The molecule has 4 amide bonds. The number of pyridine rings is 1. The second kappa shape index (κ2) is 16.6. The van der Waals surface area contributed by atoms with Crippen LogP contribution in [0.15, 0.2) is 36.5 Å². The molecule has 3 fully saturated rings. The molecule has 2 aromatic rings. The van der Waals surface area contributed by atoms with E-state index in [0.717, 1.165) is 4.90 Å². The van der Waals surface area contributed by atoms with Gasteiger partial charge < -0.3 is 29.7 Å². The highest BCUT2D eigenvalue weighted by atomic mass is 32.2. The van der Waals surface area contributed by atoms with Crippen molar-refractivity contribution in [3.63, 3.8) is 0 Å². The minimum Gasteiger partial charge on any atom is -0.492 e. The second-order valence-corrected chi connectivity index (χ2v) is 19.4. The largest absolute Gasteiger partial charge is 0.492 e. The highest BCUT2D eigenvalue weighted by Gasteiger charge is 2.63. The summed E-state index contributed by atoms with van der Waals surface area (Å²) in [4.78, 5) is 62.2. The molecule has 0 radical (unpaired) electrons. The molecule has 0 unspecified atom stereocenters. The van der Waals surface area contributed by atoms with Gasteiger partial charge in [0.25, 0.3) is 5.91 Å². The van der Waals surface area contributed by atoms with Crippen LogP contribution >= 0.6 is 0 Å². The number of alkyl halides is 3. The Morgan fingerprint density at radius 3 is 2.47 bits per heavy atom. The number of hydrogen-bond donors (Lipinski definition) is 3. The van der Waals surface area contributed by atoms with E-state index in [0.29, 0.717) is 70.1 Å². The zero-order valence-corrected chi connectivity index (χ0v) is 35.3. The van der Waals surface area contributed by atoms with Gasteiger partial charge in [0.1, 0.15) is 35.3 Å². The average Bonchev–Trinajstić information content (AvgIpc) is 4.04. The van der Waals surface area contributed by atoms with Crippen LogP contribution in [-0.4, -0.2) is 95.5 Å². The molecular formula is C41H53F4N5O9S. The third kappa shape index (κ3) is 9.15. The van der Waals surface area contributed by atoms with Gasteiger partial charge in [0.2, 0.25) is 33.3 Å². The quantitative estimate of drug-likeness (QED) is 0.194. The maximum Gasteiger partial charge on any atom is 0.427 e. The molecule has 6 rings (SSSR count). The summed E-state index contributed by atoms with van der Waals surface area (Å²) < 4.78 is 100. The molecule has 1 saturated heterocycles. The molecule has 0 spiro atoms. The topological polar surface area (TPSA) is 182 Å². The fourth-order valence-corrected chi connectivity index (χ4v) is 9.26. The molecular weight excluding hydrogens is 815 g/mol. The van der Waals surface area contributed by atoms with Crippen molar-refractivity contribution < 1.29 is 59.4 Å². The molecule has 4 aliphatic rings. The smallest absolute Gasteiger partial charge is 0.427 e. The van der Waals surface area contributed by atoms with Crippen LogP contribution in [0.25, 0.3) is 10.8 Å². The number of sulfonamides is 1. The summed E-state index contributed by atoms with van der Waals surface area (Å²) >= 11 is 0. The summed E-state index contributed by atoms with van der Waals surface area (Å²) in [7, 11) is -4.11. The van der Waals surface area contributed by atoms with Crippen molar-refractivity contribution in [2.75, 3.05) is 13.2 Å². The minimum atomic E-state index is -4.94. The summed E-state index contributed by atoms with van der Waals surface area (Å²) in [5.74, 6) is -4.13. The van der Waals surface area contributed by atoms with E-state index >= 15 is 0 Å². The number of rotatable bonds is 10. The van der Waals surface area contributed by atoms with Crippen molar-refractivity contribution in [1.82, 2.24) is 25.2 Å². The predicted molar refractivity (Wildman–Crippen MR) is 211 cm³/mol. The van der Waals surface area contributed by atoms with Gasteiger partial charge in [-0.1, -0.05) is 32.4 Å². The van der Waals surface area contributed by atoms with Crippen LogP contribution in [-0.2, 0) is 29.1 Å². The van der Waals surface area contributed by atoms with Crippen LogP contribution in [0, 0.1) is 23.6 Å². The third-order valence-corrected chi connectivity index (χ3v) is 14.4. The van der Waals surface area contributed by atoms with E-state index < -0.39 is 91.7 Å². The van der Waals surface area contributed by atoms with E-state index in [1.54, 1.807) is 19.9 Å². The molecule has 2 aliphatic heterocycles. The van der Waals surface area contributed by atoms with Gasteiger partial charge in [-0.2, -0.15) is 13.2 Å². The maximum atomic E-state index is 14.9. The summed E-state index contributed by atoms with van der Waals surface area (Å²) in [5.41, 5.74) is -4.60. The van der Waals surface area contributed by atoms with E-state index in [1.807, 2.05) is 13.0 Å². The number of allylic oxidation sites excluding steroid dienone is 1. The van der Waals surface area contributed by atoms with Gasteiger partial charge in [-0.05, 0) is 96.3 Å². The van der Waals surface area contributed by atoms with E-state index in [2.05, 4.69) is 20.3 Å². The van der Waals surface area contributed by atoms with Crippen LogP contribution in [0.3, 0.4) is 0 Å². The Hall–Kier alpha value is -4.68. The van der Waals surface area contributed by atoms with Crippen LogP contribution < -0.4 is 24.8 Å². The fraction of sp³-hybridized carbons (Fsp3) is 0.634. The lowest BCUT2D eigenvalue weighted by Gasteiger charge is -2.35. The first kappa shape index (κ1) is 44.9. The first-order chi connectivity index (χ1) is 28.0. The molecule has 3 heterocycles. The maximum absolute atomic E-state index is 14.9. The number of halogens is 4. The molecule has 0 bridgehead atoms. The highest BCUT2D eigenvalue weighted by Crippen LogP contribution is 2.48. The second-order valence-electron chi connectivity index (χ2n) is 17.2. The number of hydrogen-bond acceptors (Lipinski definition) is 10. The fourth-order valence-electron chi connectivity index (χ4n) is 7.95. The van der Waals surface area contributed by atoms with Gasteiger partial charge in [-0.3, -0.25) is 19.1 Å². The van der Waals surface area contributed by atoms with Crippen molar-refractivity contribution >= 4 is 44.6 Å². The average molecular weight is 868 g/mol. The first-order valence-corrected chi connectivity index (χ1v) is 21.8. The number of nitrogens with one attached hydrogen (secondary N) is 3. The van der Waals surface area contributed by atoms with Gasteiger partial charge in [-0.25, -0.2) is 22.6 Å². The highest BCUT2D eigenvalue weighted by molar-refractivity contribution is 7.91. The SMILES string of the molecule is CCOc1cnc(O[C@@H]2C[C@H]3C(=O)N[C@]4(C(=O)NS(=O)(=O)C5(C)CC5)C[C@H]4C=CCC[C@@H](C)C[C@@H](CC)[C@H](NC(=O)OC(C)(C)C(F)(F)F)C(=O)N3C2)c2cc(F)ccc12. The van der Waals surface area contributed by atoms with Gasteiger partial charge in [0, 0.05) is 17.7 Å². The number of carbonyl (C=O) groups excluding carboxylic acids is 4. The summed E-state index contributed by atoms with van der Waals surface area (Å²) in [5, 5.41) is 5.89. The zero-order chi connectivity index (χ0) is 44.0. The standard InChI is InChI=1S/C41H53F4N5O9S/c1-7-24-17-23(3)11-9-10-12-25-20-40(25,36(53)49-60(55,56)39(6)15-16-39)48-33(51)30-19-27(58-34-29-18-26(42)13-14-28(29)31(21-46-34)57-8-2)22-50(30)35(52)32(24)47-37(54)59-38(4,5)41(43,44)45/h10,12-14,18,21,23-25,27,30,32H,7-9,11,15-17,19-20,22H2,1-6H3,(H,47,54)(H,48,51)(H,49,53)/t23-,24-,25-,27-,30+,32+,40-/m1/s1. The van der Waals surface area contributed by atoms with Crippen molar-refractivity contribution in [2.45, 2.75) is 133 Å². The lowest BCUT2D eigenvalue weighted by molar-refractivity contribution is -0.244. The lowest BCUT2D eigenvalue weighted by Crippen LogP contribution is -2.60. The van der Waals surface area contributed by atoms with E-state index in [4.69, 9.17) is 14.2 Å². The molecule has 3 N–H and O–H groups in total. The number of carbonyl (C=O) groups is 4. The molecule has 14 nitrogen and oxygen atoms in total. The molecule has 1 aromatic carbocycles. The Balaban J connectivity index is 1.38. The first-order valence-electron chi connectivity index (χ1n) is 20.3. The van der Waals surface area contributed by atoms with E-state index in [-0.39, 0.29) is 36.6 Å². The normalized spacial score (nSPS) is 28.3. The Bertz CT molecular complexity index is 2150. The van der Waals surface area contributed by atoms with Gasteiger partial charge in [0.15, 0.2) is 0 Å². The molecule has 2 saturated carbocycles. The number of alkyl carbamates (subject to hydrolysis) is 1. The van der Waals surface area contributed by atoms with Gasteiger partial charge in [0.05, 0.1) is 29.5 Å². The number of aromatic nitrogens is 1. The molecule has 2 aliphatic carbocycles. The lowest BCUT2D eigenvalue weighted by atomic mass is 9.85. The number of fused-ring (bicyclic) bond motifs is 3. The Morgan fingerprint density at radius 2 is 1.82 bits per heavy atom. The molecule has 60 heavy (non-hydrogen) atoms. The molecule has 7 atom stereocenters. The summed E-state index contributed by atoms with van der Waals surface area (Å²) in [6.07, 6.45) is -0.0641. The number of amides is 4. The third-order valence-electron chi connectivity index (χ3n) is 12.3. The molecule has 1 aromatic heterocycles. The van der Waals surface area contributed by atoms with Crippen LogP contribution in [0.2, 0.25) is 0 Å². The summed E-state index contributed by atoms with van der Waals surface area (Å²) in [6, 6.07) is 1.07. The Morgan fingerprint density at radius 1 is 1.10 bits per heavy atom. The van der Waals surface area contributed by atoms with Crippen molar-refractivity contribution in [2.24, 2.45) is 17.8 Å². The van der Waals surface area contributed by atoms with Crippen LogP contribution in [0.5, 0.6) is 11.6 Å². The number of nitrogens with zero attached hydrogens (tertiary/aromatic N) is 2. The monoisotopic (exact) mass is 867 g/mol.